The van der Waals surface area contributed by atoms with Crippen LogP contribution < -0.4 is 10.9 Å². The van der Waals surface area contributed by atoms with Gasteiger partial charge in [0.25, 0.3) is 11.5 Å². The standard InChI is InChI=1S/C24H27N3O2S/c1-17-4-2-5-19(14-17)22-8-7-21(24(29)26-22)23(28)25-15-18-9-11-27(12-10-18)16-20-6-3-13-30-20/h2-8,13-14,18H,9-12,15-16H2,1H3,(H,25,28)(H,26,29). The maximum absolute atomic E-state index is 12.5. The van der Waals surface area contributed by atoms with E-state index in [-0.39, 0.29) is 17.0 Å². The highest BCUT2D eigenvalue weighted by Gasteiger charge is 2.21. The van der Waals surface area contributed by atoms with Gasteiger partial charge in [-0.1, -0.05) is 29.8 Å². The molecule has 0 saturated carbocycles. The van der Waals surface area contributed by atoms with E-state index in [1.165, 1.54) is 4.88 Å². The van der Waals surface area contributed by atoms with Crippen molar-refractivity contribution in [3.05, 3.63) is 80.3 Å². The second-order valence-corrected chi connectivity index (χ2v) is 9.03. The summed E-state index contributed by atoms with van der Waals surface area (Å²) < 4.78 is 0. The average Bonchev–Trinajstić information content (AvgIpc) is 3.26. The van der Waals surface area contributed by atoms with E-state index in [4.69, 9.17) is 0 Å². The number of benzene rings is 1. The van der Waals surface area contributed by atoms with Crippen molar-refractivity contribution in [1.82, 2.24) is 15.2 Å². The number of aromatic nitrogens is 1. The number of aryl methyl sites for hydroxylation is 1. The Morgan fingerprint density at radius 1 is 1.17 bits per heavy atom. The molecule has 0 spiro atoms. The number of pyridine rings is 1. The molecule has 5 nitrogen and oxygen atoms in total. The highest BCUT2D eigenvalue weighted by atomic mass is 32.1. The van der Waals surface area contributed by atoms with Gasteiger partial charge in [-0.05, 0) is 74.0 Å². The summed E-state index contributed by atoms with van der Waals surface area (Å²) in [6, 6.07) is 15.6. The lowest BCUT2D eigenvalue weighted by molar-refractivity contribution is 0.0934. The van der Waals surface area contributed by atoms with Crippen LogP contribution in [0.1, 0.15) is 33.6 Å². The number of carbonyl (C=O) groups is 1. The third-order valence-corrected chi connectivity index (χ3v) is 6.56. The van der Waals surface area contributed by atoms with Gasteiger partial charge < -0.3 is 10.3 Å². The van der Waals surface area contributed by atoms with Crippen LogP contribution >= 0.6 is 11.3 Å². The lowest BCUT2D eigenvalue weighted by Crippen LogP contribution is -2.39. The molecular weight excluding hydrogens is 394 g/mol. The fourth-order valence-corrected chi connectivity index (χ4v) is 4.68. The predicted octanol–water partition coefficient (Wildman–Crippen LogP) is 4.05. The molecule has 0 unspecified atom stereocenters. The SMILES string of the molecule is Cc1cccc(-c2ccc(C(=O)NCC3CCN(Cc4cccs4)CC3)c(=O)[nH]2)c1. The molecule has 0 radical (unpaired) electrons. The Balaban J connectivity index is 1.30. The number of likely N-dealkylation sites (tertiary alicyclic amines) is 1. The third kappa shape index (κ3) is 5.07. The Morgan fingerprint density at radius 3 is 2.70 bits per heavy atom. The maximum Gasteiger partial charge on any atom is 0.261 e. The molecule has 0 aliphatic carbocycles. The molecule has 3 heterocycles. The Kier molecular flexibility index (Phi) is 6.45. The zero-order valence-electron chi connectivity index (χ0n) is 17.2. The van der Waals surface area contributed by atoms with Gasteiger partial charge in [-0.15, -0.1) is 11.3 Å². The van der Waals surface area contributed by atoms with Crippen LogP contribution in [0.25, 0.3) is 11.3 Å². The average molecular weight is 422 g/mol. The van der Waals surface area contributed by atoms with Crippen LogP contribution in [0.4, 0.5) is 0 Å². The minimum atomic E-state index is -0.350. The van der Waals surface area contributed by atoms with Crippen molar-refractivity contribution in [3.8, 4) is 11.3 Å². The van der Waals surface area contributed by atoms with Crippen molar-refractivity contribution in [2.24, 2.45) is 5.92 Å². The molecule has 156 valence electrons. The van der Waals surface area contributed by atoms with E-state index in [2.05, 4.69) is 32.7 Å². The van der Waals surface area contributed by atoms with Gasteiger partial charge in [0.1, 0.15) is 5.56 Å². The molecule has 1 aromatic carbocycles. The second-order valence-electron chi connectivity index (χ2n) is 7.99. The van der Waals surface area contributed by atoms with Gasteiger partial charge in [0, 0.05) is 23.7 Å². The van der Waals surface area contributed by atoms with E-state index < -0.39 is 0 Å². The summed E-state index contributed by atoms with van der Waals surface area (Å²) in [5, 5.41) is 5.08. The lowest BCUT2D eigenvalue weighted by atomic mass is 9.96. The molecule has 6 heteroatoms. The molecule has 2 aromatic heterocycles. The largest absolute Gasteiger partial charge is 0.352 e. The van der Waals surface area contributed by atoms with Crippen molar-refractivity contribution in [1.29, 1.82) is 0 Å². The zero-order valence-corrected chi connectivity index (χ0v) is 18.0. The number of nitrogens with one attached hydrogen (secondary N) is 2. The van der Waals surface area contributed by atoms with Crippen molar-refractivity contribution in [3.63, 3.8) is 0 Å². The van der Waals surface area contributed by atoms with Crippen LogP contribution in [0, 0.1) is 12.8 Å². The summed E-state index contributed by atoms with van der Waals surface area (Å²) in [6.45, 7) is 5.73. The Hall–Kier alpha value is -2.70. The van der Waals surface area contributed by atoms with Crippen molar-refractivity contribution < 1.29 is 4.79 Å². The molecule has 0 atom stereocenters. The normalized spacial score (nSPS) is 15.2. The maximum atomic E-state index is 12.5. The molecule has 4 rings (SSSR count). The highest BCUT2D eigenvalue weighted by Crippen LogP contribution is 2.20. The second kappa shape index (κ2) is 9.41. The molecule has 1 aliphatic rings. The number of piperidine rings is 1. The zero-order chi connectivity index (χ0) is 20.9. The van der Waals surface area contributed by atoms with Gasteiger partial charge in [0.2, 0.25) is 0 Å². The number of hydrogen-bond acceptors (Lipinski definition) is 4. The molecule has 1 fully saturated rings. The van der Waals surface area contributed by atoms with Crippen LogP contribution in [0.15, 0.2) is 58.7 Å². The number of H-pyrrole nitrogens is 1. The van der Waals surface area contributed by atoms with Crippen LogP contribution in [-0.2, 0) is 6.54 Å². The predicted molar refractivity (Wildman–Crippen MR) is 122 cm³/mol. The summed E-state index contributed by atoms with van der Waals surface area (Å²) in [5.41, 5.74) is 2.60. The van der Waals surface area contributed by atoms with E-state index in [1.807, 2.05) is 31.2 Å². The first-order valence-corrected chi connectivity index (χ1v) is 11.3. The van der Waals surface area contributed by atoms with Crippen LogP contribution in [-0.4, -0.2) is 35.4 Å². The number of hydrogen-bond donors (Lipinski definition) is 2. The topological polar surface area (TPSA) is 65.2 Å². The summed E-state index contributed by atoms with van der Waals surface area (Å²) in [5.74, 6) is 0.159. The van der Waals surface area contributed by atoms with Gasteiger partial charge in [0.05, 0.1) is 0 Å². The first kappa shape index (κ1) is 20.6. The number of amides is 1. The molecule has 30 heavy (non-hydrogen) atoms. The lowest BCUT2D eigenvalue weighted by Gasteiger charge is -2.31. The van der Waals surface area contributed by atoms with Crippen molar-refractivity contribution >= 4 is 17.2 Å². The van der Waals surface area contributed by atoms with Crippen LogP contribution in [0.2, 0.25) is 0 Å². The van der Waals surface area contributed by atoms with Crippen LogP contribution in [0.5, 0.6) is 0 Å². The molecule has 1 saturated heterocycles. The first-order valence-electron chi connectivity index (χ1n) is 10.4. The third-order valence-electron chi connectivity index (χ3n) is 5.70. The Morgan fingerprint density at radius 2 is 2.00 bits per heavy atom. The van der Waals surface area contributed by atoms with Gasteiger partial charge in [-0.3, -0.25) is 14.5 Å². The Bertz CT molecular complexity index is 1050. The minimum Gasteiger partial charge on any atom is -0.352 e. The fourth-order valence-electron chi connectivity index (χ4n) is 3.94. The molecule has 1 amide bonds. The number of rotatable bonds is 6. The molecular formula is C24H27N3O2S. The van der Waals surface area contributed by atoms with E-state index in [0.717, 1.165) is 49.3 Å². The number of carbonyl (C=O) groups excluding carboxylic acids is 1. The molecule has 3 aromatic rings. The summed E-state index contributed by atoms with van der Waals surface area (Å²) in [4.78, 5) is 31.7. The van der Waals surface area contributed by atoms with E-state index in [9.17, 15) is 9.59 Å². The van der Waals surface area contributed by atoms with Gasteiger partial charge >= 0.3 is 0 Å². The van der Waals surface area contributed by atoms with E-state index >= 15 is 0 Å². The number of nitrogens with zero attached hydrogens (tertiary/aromatic N) is 1. The van der Waals surface area contributed by atoms with E-state index in [1.54, 1.807) is 23.5 Å². The summed E-state index contributed by atoms with van der Waals surface area (Å²) in [6.07, 6.45) is 2.13. The quantitative estimate of drug-likeness (QED) is 0.631. The van der Waals surface area contributed by atoms with Gasteiger partial charge in [0.15, 0.2) is 0 Å². The minimum absolute atomic E-state index is 0.168. The van der Waals surface area contributed by atoms with Crippen molar-refractivity contribution in [2.75, 3.05) is 19.6 Å². The summed E-state index contributed by atoms with van der Waals surface area (Å²) in [7, 11) is 0. The van der Waals surface area contributed by atoms with Crippen LogP contribution in [0.3, 0.4) is 0 Å². The molecule has 2 N–H and O–H groups in total. The van der Waals surface area contributed by atoms with Gasteiger partial charge in [-0.2, -0.15) is 0 Å². The highest BCUT2D eigenvalue weighted by molar-refractivity contribution is 7.09. The van der Waals surface area contributed by atoms with Gasteiger partial charge in [-0.25, -0.2) is 0 Å². The first-order chi connectivity index (χ1) is 14.6. The smallest absolute Gasteiger partial charge is 0.261 e. The summed E-state index contributed by atoms with van der Waals surface area (Å²) >= 11 is 1.80. The number of aromatic amines is 1. The Labute approximate surface area is 180 Å². The monoisotopic (exact) mass is 421 g/mol. The number of thiophene rings is 1. The molecule has 1 aliphatic heterocycles. The fraction of sp³-hybridized carbons (Fsp3) is 0.333. The van der Waals surface area contributed by atoms with E-state index in [0.29, 0.717) is 12.5 Å². The molecule has 0 bridgehead atoms. The van der Waals surface area contributed by atoms with Crippen molar-refractivity contribution in [2.45, 2.75) is 26.3 Å².